The second-order valence-corrected chi connectivity index (χ2v) is 9.98. The van der Waals surface area contributed by atoms with Gasteiger partial charge in [-0.3, -0.25) is 0 Å². The third-order valence-corrected chi connectivity index (χ3v) is 7.35. The quantitative estimate of drug-likeness (QED) is 0.265. The SMILES string of the molecule is Cc1ccc(CCC2(Cn3ccnc3)OCC(CSc3ccc(-c4ccccc4)cc3)O2)cc1. The lowest BCUT2D eigenvalue weighted by Gasteiger charge is -2.28. The molecule has 0 spiro atoms. The number of rotatable bonds is 9. The van der Waals surface area contributed by atoms with E-state index in [1.165, 1.54) is 27.1 Å². The van der Waals surface area contributed by atoms with Gasteiger partial charge in [-0.15, -0.1) is 11.8 Å². The first kappa shape index (κ1) is 22.9. The van der Waals surface area contributed by atoms with Gasteiger partial charge < -0.3 is 14.0 Å². The number of hydrogen-bond donors (Lipinski definition) is 0. The van der Waals surface area contributed by atoms with E-state index in [1.54, 1.807) is 6.20 Å². The number of imidazole rings is 1. The first-order chi connectivity index (χ1) is 16.7. The van der Waals surface area contributed by atoms with E-state index >= 15 is 0 Å². The Balaban J connectivity index is 1.21. The van der Waals surface area contributed by atoms with Crippen molar-refractivity contribution < 1.29 is 9.47 Å². The van der Waals surface area contributed by atoms with Gasteiger partial charge in [-0.25, -0.2) is 4.98 Å². The molecule has 2 unspecified atom stereocenters. The largest absolute Gasteiger partial charge is 0.345 e. The van der Waals surface area contributed by atoms with Crippen LogP contribution in [0.5, 0.6) is 0 Å². The summed E-state index contributed by atoms with van der Waals surface area (Å²) < 4.78 is 15.0. The topological polar surface area (TPSA) is 36.3 Å². The molecule has 1 aliphatic heterocycles. The third kappa shape index (κ3) is 5.79. The van der Waals surface area contributed by atoms with E-state index in [2.05, 4.69) is 84.7 Å². The van der Waals surface area contributed by atoms with Crippen LogP contribution in [0.15, 0.2) is 102 Å². The van der Waals surface area contributed by atoms with Crippen LogP contribution in [0.4, 0.5) is 0 Å². The van der Waals surface area contributed by atoms with Gasteiger partial charge in [0.25, 0.3) is 0 Å². The zero-order chi connectivity index (χ0) is 23.2. The Labute approximate surface area is 206 Å². The number of aromatic nitrogens is 2. The minimum Gasteiger partial charge on any atom is -0.345 e. The molecule has 0 amide bonds. The summed E-state index contributed by atoms with van der Waals surface area (Å²) in [6.07, 6.45) is 7.37. The molecule has 5 rings (SSSR count). The highest BCUT2D eigenvalue weighted by Gasteiger charge is 2.41. The van der Waals surface area contributed by atoms with Crippen LogP contribution < -0.4 is 0 Å². The summed E-state index contributed by atoms with van der Waals surface area (Å²) in [6, 6.07) is 28.0. The fraction of sp³-hybridized carbons (Fsp3) is 0.276. The van der Waals surface area contributed by atoms with E-state index < -0.39 is 5.79 Å². The van der Waals surface area contributed by atoms with Crippen LogP contribution in [0.1, 0.15) is 17.5 Å². The highest BCUT2D eigenvalue weighted by atomic mass is 32.2. The number of ether oxygens (including phenoxy) is 2. The fourth-order valence-corrected chi connectivity index (χ4v) is 5.17. The van der Waals surface area contributed by atoms with Crippen LogP contribution in [-0.4, -0.2) is 33.8 Å². The number of benzene rings is 3. The summed E-state index contributed by atoms with van der Waals surface area (Å²) in [6.45, 7) is 3.37. The van der Waals surface area contributed by atoms with Crippen LogP contribution in [-0.2, 0) is 22.4 Å². The highest BCUT2D eigenvalue weighted by molar-refractivity contribution is 7.99. The minimum atomic E-state index is -0.631. The molecular formula is C29H30N2O2S. The van der Waals surface area contributed by atoms with Crippen molar-refractivity contribution in [3.05, 3.63) is 109 Å². The number of thioether (sulfide) groups is 1. The van der Waals surface area contributed by atoms with Gasteiger partial charge in [0.15, 0.2) is 5.79 Å². The molecule has 0 radical (unpaired) electrons. The minimum absolute atomic E-state index is 0.0559. The molecule has 0 aliphatic carbocycles. The Bertz CT molecular complexity index is 1160. The Morgan fingerprint density at radius 1 is 0.971 bits per heavy atom. The van der Waals surface area contributed by atoms with E-state index in [0.717, 1.165) is 18.6 Å². The second-order valence-electron chi connectivity index (χ2n) is 8.88. The van der Waals surface area contributed by atoms with Crippen molar-refractivity contribution in [2.24, 2.45) is 0 Å². The van der Waals surface area contributed by atoms with Gasteiger partial charge in [0.1, 0.15) is 0 Å². The van der Waals surface area contributed by atoms with Gasteiger partial charge in [0.2, 0.25) is 0 Å². The van der Waals surface area contributed by atoms with Crippen molar-refractivity contribution in [2.75, 3.05) is 12.4 Å². The van der Waals surface area contributed by atoms with Crippen molar-refractivity contribution in [1.82, 2.24) is 9.55 Å². The predicted octanol–water partition coefficient (Wildman–Crippen LogP) is 6.40. The molecule has 5 heteroatoms. The average molecular weight is 471 g/mol. The van der Waals surface area contributed by atoms with Gasteiger partial charge in [0, 0.05) is 29.5 Å². The molecule has 1 aliphatic rings. The van der Waals surface area contributed by atoms with E-state index in [9.17, 15) is 0 Å². The normalized spacial score (nSPS) is 20.0. The van der Waals surface area contributed by atoms with Crippen LogP contribution in [0.3, 0.4) is 0 Å². The van der Waals surface area contributed by atoms with Crippen LogP contribution >= 0.6 is 11.8 Å². The Morgan fingerprint density at radius 2 is 1.74 bits per heavy atom. The van der Waals surface area contributed by atoms with Gasteiger partial charge >= 0.3 is 0 Å². The molecule has 4 nitrogen and oxygen atoms in total. The second kappa shape index (κ2) is 10.6. The molecule has 1 fully saturated rings. The number of aryl methyl sites for hydroxylation is 2. The van der Waals surface area contributed by atoms with Crippen LogP contribution in [0.2, 0.25) is 0 Å². The van der Waals surface area contributed by atoms with Gasteiger partial charge in [-0.2, -0.15) is 0 Å². The first-order valence-corrected chi connectivity index (χ1v) is 12.8. The molecule has 2 atom stereocenters. The van der Waals surface area contributed by atoms with Crippen molar-refractivity contribution in [3.63, 3.8) is 0 Å². The zero-order valence-corrected chi connectivity index (χ0v) is 20.3. The molecule has 0 saturated carbocycles. The van der Waals surface area contributed by atoms with Crippen molar-refractivity contribution in [2.45, 2.75) is 43.1 Å². The van der Waals surface area contributed by atoms with E-state index in [-0.39, 0.29) is 6.10 Å². The molecule has 3 aromatic carbocycles. The summed E-state index contributed by atoms with van der Waals surface area (Å²) >= 11 is 1.82. The summed E-state index contributed by atoms with van der Waals surface area (Å²) in [5.74, 6) is 0.231. The number of nitrogens with zero attached hydrogens (tertiary/aromatic N) is 2. The van der Waals surface area contributed by atoms with Gasteiger partial charge in [0.05, 0.1) is 25.6 Å². The zero-order valence-electron chi connectivity index (χ0n) is 19.5. The summed E-state index contributed by atoms with van der Waals surface area (Å²) in [7, 11) is 0. The molecular weight excluding hydrogens is 440 g/mol. The maximum Gasteiger partial charge on any atom is 0.187 e. The van der Waals surface area contributed by atoms with E-state index in [4.69, 9.17) is 9.47 Å². The van der Waals surface area contributed by atoms with E-state index in [1.807, 2.05) is 34.9 Å². The maximum absolute atomic E-state index is 6.59. The Hall–Kier alpha value is -2.86. The van der Waals surface area contributed by atoms with Gasteiger partial charge in [-0.05, 0) is 42.2 Å². The predicted molar refractivity (Wildman–Crippen MR) is 138 cm³/mol. The molecule has 0 N–H and O–H groups in total. The molecule has 34 heavy (non-hydrogen) atoms. The average Bonchev–Trinajstić information content (AvgIpc) is 3.54. The Morgan fingerprint density at radius 3 is 2.47 bits per heavy atom. The lowest BCUT2D eigenvalue weighted by Crippen LogP contribution is -2.37. The van der Waals surface area contributed by atoms with Crippen LogP contribution in [0.25, 0.3) is 11.1 Å². The van der Waals surface area contributed by atoms with E-state index in [0.29, 0.717) is 13.2 Å². The molecule has 1 aromatic heterocycles. The van der Waals surface area contributed by atoms with Crippen LogP contribution in [0, 0.1) is 6.92 Å². The lowest BCUT2D eigenvalue weighted by atomic mass is 10.0. The monoisotopic (exact) mass is 470 g/mol. The van der Waals surface area contributed by atoms with Crippen molar-refractivity contribution >= 4 is 11.8 Å². The first-order valence-electron chi connectivity index (χ1n) is 11.8. The molecule has 0 bridgehead atoms. The summed E-state index contributed by atoms with van der Waals surface area (Å²) in [4.78, 5) is 5.44. The fourth-order valence-electron chi connectivity index (χ4n) is 4.30. The van der Waals surface area contributed by atoms with Crippen molar-refractivity contribution in [1.29, 1.82) is 0 Å². The Kier molecular flexibility index (Phi) is 7.14. The standard InChI is InChI=1S/C29H30N2O2S/c1-23-7-9-24(10-8-23)15-16-29(21-31-18-17-30-22-31)32-19-27(33-29)20-34-28-13-11-26(12-14-28)25-5-3-2-4-6-25/h2-14,17-18,22,27H,15-16,19-21H2,1H3. The summed E-state index contributed by atoms with van der Waals surface area (Å²) in [5, 5.41) is 0. The molecule has 174 valence electrons. The smallest absolute Gasteiger partial charge is 0.187 e. The molecule has 1 saturated heterocycles. The maximum atomic E-state index is 6.59. The highest BCUT2D eigenvalue weighted by Crippen LogP contribution is 2.34. The van der Waals surface area contributed by atoms with Gasteiger partial charge in [-0.1, -0.05) is 72.3 Å². The number of hydrogen-bond acceptors (Lipinski definition) is 4. The lowest BCUT2D eigenvalue weighted by molar-refractivity contribution is -0.180. The van der Waals surface area contributed by atoms with Crippen molar-refractivity contribution in [3.8, 4) is 11.1 Å². The summed E-state index contributed by atoms with van der Waals surface area (Å²) in [5.41, 5.74) is 5.06. The third-order valence-electron chi connectivity index (χ3n) is 6.21. The molecule has 4 aromatic rings. The molecule has 2 heterocycles.